The van der Waals surface area contributed by atoms with Crippen LogP contribution in [-0.4, -0.2) is 12.5 Å². The van der Waals surface area contributed by atoms with E-state index in [2.05, 4.69) is 21.2 Å². The Hall–Kier alpha value is -2.01. The second-order valence-electron chi connectivity index (χ2n) is 4.68. The van der Waals surface area contributed by atoms with E-state index >= 15 is 0 Å². The Labute approximate surface area is 132 Å². The molecule has 0 radical (unpaired) electrons. The quantitative estimate of drug-likeness (QED) is 0.808. The number of amides is 1. The molecule has 0 unspecified atom stereocenters. The van der Waals surface area contributed by atoms with E-state index in [9.17, 15) is 4.79 Å². The third-order valence-electron chi connectivity index (χ3n) is 2.92. The lowest BCUT2D eigenvalue weighted by Gasteiger charge is -2.10. The van der Waals surface area contributed by atoms with Crippen molar-refractivity contribution in [2.24, 2.45) is 0 Å². The Morgan fingerprint density at radius 1 is 1.29 bits per heavy atom. The van der Waals surface area contributed by atoms with Gasteiger partial charge in [0.1, 0.15) is 5.75 Å². The SMILES string of the molecule is Cc1cc(N)ccc1NC(=O)CCOc1cccc(Br)c1. The van der Waals surface area contributed by atoms with Crippen molar-refractivity contribution >= 4 is 33.2 Å². The number of hydrogen-bond acceptors (Lipinski definition) is 3. The molecule has 2 aromatic rings. The second-order valence-corrected chi connectivity index (χ2v) is 5.59. The summed E-state index contributed by atoms with van der Waals surface area (Å²) in [5, 5.41) is 2.85. The van der Waals surface area contributed by atoms with Gasteiger partial charge in [0.2, 0.25) is 5.91 Å². The average Bonchev–Trinajstić information content (AvgIpc) is 2.42. The lowest BCUT2D eigenvalue weighted by molar-refractivity contribution is -0.116. The Morgan fingerprint density at radius 3 is 2.81 bits per heavy atom. The molecule has 5 heteroatoms. The van der Waals surface area contributed by atoms with Gasteiger partial charge in [-0.1, -0.05) is 22.0 Å². The molecule has 0 bridgehead atoms. The summed E-state index contributed by atoms with van der Waals surface area (Å²) in [6.45, 7) is 2.24. The van der Waals surface area contributed by atoms with Crippen LogP contribution in [0.1, 0.15) is 12.0 Å². The zero-order valence-corrected chi connectivity index (χ0v) is 13.3. The Bertz CT molecular complexity index is 644. The number of carbonyl (C=O) groups is 1. The summed E-state index contributed by atoms with van der Waals surface area (Å²) in [7, 11) is 0. The smallest absolute Gasteiger partial charge is 0.227 e. The molecule has 0 aliphatic rings. The van der Waals surface area contributed by atoms with Crippen molar-refractivity contribution in [1.82, 2.24) is 0 Å². The summed E-state index contributed by atoms with van der Waals surface area (Å²) in [4.78, 5) is 11.9. The van der Waals surface area contributed by atoms with E-state index < -0.39 is 0 Å². The molecule has 4 nitrogen and oxygen atoms in total. The van der Waals surface area contributed by atoms with E-state index in [1.807, 2.05) is 37.3 Å². The van der Waals surface area contributed by atoms with Gasteiger partial charge in [0.15, 0.2) is 0 Å². The summed E-state index contributed by atoms with van der Waals surface area (Å²) in [6, 6.07) is 12.9. The first kappa shape index (κ1) is 15.4. The van der Waals surface area contributed by atoms with Crippen LogP contribution in [0.2, 0.25) is 0 Å². The van der Waals surface area contributed by atoms with E-state index in [1.54, 1.807) is 12.1 Å². The van der Waals surface area contributed by atoms with Crippen LogP contribution in [0.5, 0.6) is 5.75 Å². The normalized spacial score (nSPS) is 10.2. The summed E-state index contributed by atoms with van der Waals surface area (Å²) in [6.07, 6.45) is 0.288. The average molecular weight is 349 g/mol. The summed E-state index contributed by atoms with van der Waals surface area (Å²) in [5.41, 5.74) is 8.08. The van der Waals surface area contributed by atoms with Crippen molar-refractivity contribution < 1.29 is 9.53 Å². The molecule has 3 N–H and O–H groups in total. The molecule has 0 saturated carbocycles. The number of halogens is 1. The number of hydrogen-bond donors (Lipinski definition) is 2. The first-order valence-corrected chi connectivity index (χ1v) is 7.38. The van der Waals surface area contributed by atoms with Gasteiger partial charge in [-0.15, -0.1) is 0 Å². The maximum absolute atomic E-state index is 11.9. The molecule has 21 heavy (non-hydrogen) atoms. The molecule has 1 amide bonds. The van der Waals surface area contributed by atoms with Gasteiger partial charge in [-0.2, -0.15) is 0 Å². The highest BCUT2D eigenvalue weighted by Crippen LogP contribution is 2.19. The van der Waals surface area contributed by atoms with Crippen LogP contribution in [0.25, 0.3) is 0 Å². The molecule has 0 heterocycles. The minimum absolute atomic E-state index is 0.0853. The number of nitrogen functional groups attached to an aromatic ring is 1. The number of aryl methyl sites for hydroxylation is 1. The number of benzene rings is 2. The molecular weight excluding hydrogens is 332 g/mol. The predicted octanol–water partition coefficient (Wildman–Crippen LogP) is 3.75. The van der Waals surface area contributed by atoms with E-state index in [0.29, 0.717) is 12.3 Å². The standard InChI is InChI=1S/C16H17BrN2O2/c1-11-9-13(18)5-6-15(11)19-16(20)7-8-21-14-4-2-3-12(17)10-14/h2-6,9-10H,7-8,18H2,1H3,(H,19,20). The molecule has 0 spiro atoms. The van der Waals surface area contributed by atoms with Gasteiger partial charge >= 0.3 is 0 Å². The van der Waals surface area contributed by atoms with Crippen LogP contribution >= 0.6 is 15.9 Å². The highest BCUT2D eigenvalue weighted by atomic mass is 79.9. The molecule has 0 aliphatic heterocycles. The van der Waals surface area contributed by atoms with Gasteiger partial charge in [0, 0.05) is 15.8 Å². The Kier molecular flexibility index (Phi) is 5.22. The number of nitrogens with one attached hydrogen (secondary N) is 1. The predicted molar refractivity (Wildman–Crippen MR) is 88.5 cm³/mol. The van der Waals surface area contributed by atoms with Crippen molar-refractivity contribution in [3.63, 3.8) is 0 Å². The summed E-state index contributed by atoms with van der Waals surface area (Å²) < 4.78 is 6.48. The maximum atomic E-state index is 11.9. The molecule has 2 aromatic carbocycles. The fourth-order valence-electron chi connectivity index (χ4n) is 1.86. The largest absolute Gasteiger partial charge is 0.493 e. The zero-order chi connectivity index (χ0) is 15.2. The number of nitrogens with two attached hydrogens (primary N) is 1. The molecular formula is C16H17BrN2O2. The molecule has 0 fully saturated rings. The summed E-state index contributed by atoms with van der Waals surface area (Å²) in [5.74, 6) is 0.652. The molecule has 0 atom stereocenters. The van der Waals surface area contributed by atoms with Crippen LogP contribution in [0, 0.1) is 6.92 Å². The molecule has 2 rings (SSSR count). The van der Waals surface area contributed by atoms with Crippen molar-refractivity contribution in [1.29, 1.82) is 0 Å². The van der Waals surface area contributed by atoms with Crippen LogP contribution in [0.4, 0.5) is 11.4 Å². The molecule has 110 valence electrons. The van der Waals surface area contributed by atoms with Gasteiger partial charge in [-0.3, -0.25) is 4.79 Å². The van der Waals surface area contributed by atoms with Crippen molar-refractivity contribution in [3.8, 4) is 5.75 Å². The lowest BCUT2D eigenvalue weighted by atomic mass is 10.2. The molecule has 0 aliphatic carbocycles. The zero-order valence-electron chi connectivity index (χ0n) is 11.7. The van der Waals surface area contributed by atoms with E-state index in [0.717, 1.165) is 21.5 Å². The Morgan fingerprint density at radius 2 is 2.10 bits per heavy atom. The number of ether oxygens (including phenoxy) is 1. The van der Waals surface area contributed by atoms with Crippen LogP contribution in [-0.2, 0) is 4.79 Å². The Balaban J connectivity index is 1.82. The lowest BCUT2D eigenvalue weighted by Crippen LogP contribution is -2.15. The van der Waals surface area contributed by atoms with E-state index in [-0.39, 0.29) is 12.3 Å². The monoisotopic (exact) mass is 348 g/mol. The third-order valence-corrected chi connectivity index (χ3v) is 3.41. The third kappa shape index (κ3) is 4.79. The fourth-order valence-corrected chi connectivity index (χ4v) is 2.24. The van der Waals surface area contributed by atoms with Crippen molar-refractivity contribution in [3.05, 3.63) is 52.5 Å². The first-order chi connectivity index (χ1) is 10.0. The number of carbonyl (C=O) groups excluding carboxylic acids is 1. The van der Waals surface area contributed by atoms with Gasteiger partial charge < -0.3 is 15.8 Å². The first-order valence-electron chi connectivity index (χ1n) is 6.59. The fraction of sp³-hybridized carbons (Fsp3) is 0.188. The number of anilines is 2. The topological polar surface area (TPSA) is 64.3 Å². The van der Waals surface area contributed by atoms with E-state index in [4.69, 9.17) is 10.5 Å². The van der Waals surface area contributed by atoms with Crippen molar-refractivity contribution in [2.45, 2.75) is 13.3 Å². The highest BCUT2D eigenvalue weighted by molar-refractivity contribution is 9.10. The van der Waals surface area contributed by atoms with Gasteiger partial charge in [0.05, 0.1) is 13.0 Å². The van der Waals surface area contributed by atoms with Gasteiger partial charge in [-0.05, 0) is 48.9 Å². The number of rotatable bonds is 5. The summed E-state index contributed by atoms with van der Waals surface area (Å²) >= 11 is 3.37. The van der Waals surface area contributed by atoms with Crippen LogP contribution in [0.3, 0.4) is 0 Å². The molecule has 0 saturated heterocycles. The second kappa shape index (κ2) is 7.13. The van der Waals surface area contributed by atoms with Gasteiger partial charge in [0.25, 0.3) is 0 Å². The minimum Gasteiger partial charge on any atom is -0.493 e. The van der Waals surface area contributed by atoms with Gasteiger partial charge in [-0.25, -0.2) is 0 Å². The van der Waals surface area contributed by atoms with Crippen LogP contribution in [0.15, 0.2) is 46.9 Å². The minimum atomic E-state index is -0.0853. The van der Waals surface area contributed by atoms with Crippen LogP contribution < -0.4 is 15.8 Å². The van der Waals surface area contributed by atoms with Crippen molar-refractivity contribution in [2.75, 3.05) is 17.7 Å². The molecule has 0 aromatic heterocycles. The van der Waals surface area contributed by atoms with E-state index in [1.165, 1.54) is 0 Å². The maximum Gasteiger partial charge on any atom is 0.227 e. The highest BCUT2D eigenvalue weighted by Gasteiger charge is 2.05.